The number of hydrogen-bond donors (Lipinski definition) is 0. The summed E-state index contributed by atoms with van der Waals surface area (Å²) in [6.07, 6.45) is 3.71. The second-order valence-electron chi connectivity index (χ2n) is 4.51. The molecule has 0 unspecified atom stereocenters. The van der Waals surface area contributed by atoms with Gasteiger partial charge in [0.1, 0.15) is 11.6 Å². The van der Waals surface area contributed by atoms with Crippen LogP contribution in [0.4, 0.5) is 4.39 Å². The van der Waals surface area contributed by atoms with E-state index in [4.69, 9.17) is 0 Å². The van der Waals surface area contributed by atoms with Crippen LogP contribution < -0.4 is 0 Å². The lowest BCUT2D eigenvalue weighted by Crippen LogP contribution is -2.01. The van der Waals surface area contributed by atoms with Crippen LogP contribution in [0.1, 0.15) is 5.56 Å². The molecule has 4 heteroatoms. The highest BCUT2D eigenvalue weighted by atomic mass is 79.9. The maximum Gasteiger partial charge on any atom is 0.140 e. The summed E-state index contributed by atoms with van der Waals surface area (Å²) in [6.45, 7) is 0.672. The van der Waals surface area contributed by atoms with E-state index in [1.165, 1.54) is 12.1 Å². The van der Waals surface area contributed by atoms with Gasteiger partial charge in [-0.2, -0.15) is 0 Å². The Hall–Kier alpha value is -1.94. The van der Waals surface area contributed by atoms with Crippen LogP contribution >= 0.6 is 15.9 Å². The average molecular weight is 331 g/mol. The van der Waals surface area contributed by atoms with Crippen LogP contribution in [-0.4, -0.2) is 9.55 Å². The summed E-state index contributed by atoms with van der Waals surface area (Å²) in [5, 5.41) is 0. The zero-order valence-electron chi connectivity index (χ0n) is 10.6. The predicted molar refractivity (Wildman–Crippen MR) is 80.9 cm³/mol. The average Bonchev–Trinajstić information content (AvgIpc) is 2.90. The Balaban J connectivity index is 1.90. The van der Waals surface area contributed by atoms with Gasteiger partial charge in [-0.25, -0.2) is 9.37 Å². The predicted octanol–water partition coefficient (Wildman–Crippen LogP) is 4.50. The van der Waals surface area contributed by atoms with Crippen LogP contribution in [0.5, 0.6) is 0 Å². The van der Waals surface area contributed by atoms with E-state index in [0.717, 1.165) is 21.4 Å². The number of aromatic nitrogens is 2. The van der Waals surface area contributed by atoms with Crippen molar-refractivity contribution >= 4 is 15.9 Å². The third-order valence-corrected chi connectivity index (χ3v) is 3.61. The van der Waals surface area contributed by atoms with Crippen LogP contribution in [0.2, 0.25) is 0 Å². The Kier molecular flexibility index (Phi) is 3.65. The first-order chi connectivity index (χ1) is 9.72. The van der Waals surface area contributed by atoms with Gasteiger partial charge in [-0.1, -0.05) is 40.2 Å². The van der Waals surface area contributed by atoms with Crippen molar-refractivity contribution in [3.05, 3.63) is 76.8 Å². The highest BCUT2D eigenvalue weighted by Crippen LogP contribution is 2.21. The molecule has 0 saturated carbocycles. The number of halogens is 2. The summed E-state index contributed by atoms with van der Waals surface area (Å²) >= 11 is 3.43. The lowest BCUT2D eigenvalue weighted by atomic mass is 10.2. The molecule has 3 rings (SSSR count). The van der Waals surface area contributed by atoms with Gasteiger partial charge in [0.2, 0.25) is 0 Å². The molecule has 0 atom stereocenters. The van der Waals surface area contributed by atoms with Crippen molar-refractivity contribution in [3.63, 3.8) is 0 Å². The molecule has 0 spiro atoms. The second-order valence-corrected chi connectivity index (χ2v) is 5.43. The van der Waals surface area contributed by atoms with Crippen molar-refractivity contribution in [1.29, 1.82) is 0 Å². The van der Waals surface area contributed by atoms with E-state index in [0.29, 0.717) is 6.54 Å². The zero-order valence-corrected chi connectivity index (χ0v) is 12.2. The van der Waals surface area contributed by atoms with Crippen LogP contribution in [0.3, 0.4) is 0 Å². The number of hydrogen-bond acceptors (Lipinski definition) is 1. The molecule has 0 aliphatic heterocycles. The third-order valence-electron chi connectivity index (χ3n) is 3.08. The van der Waals surface area contributed by atoms with E-state index >= 15 is 0 Å². The Labute approximate surface area is 125 Å². The molecule has 0 radical (unpaired) electrons. The van der Waals surface area contributed by atoms with Gasteiger partial charge in [-0.05, 0) is 29.8 Å². The summed E-state index contributed by atoms with van der Waals surface area (Å²) in [6, 6.07) is 14.6. The lowest BCUT2D eigenvalue weighted by molar-refractivity contribution is 0.626. The van der Waals surface area contributed by atoms with Crippen LogP contribution in [0.25, 0.3) is 11.4 Å². The second kappa shape index (κ2) is 5.59. The number of imidazole rings is 1. The van der Waals surface area contributed by atoms with E-state index in [1.807, 2.05) is 30.5 Å². The summed E-state index contributed by atoms with van der Waals surface area (Å²) in [5.41, 5.74) is 2.10. The molecule has 0 bridgehead atoms. The molecule has 0 N–H and O–H groups in total. The molecule has 0 saturated heterocycles. The summed E-state index contributed by atoms with van der Waals surface area (Å²) in [7, 11) is 0. The molecule has 0 aliphatic rings. The lowest BCUT2D eigenvalue weighted by Gasteiger charge is -2.08. The Morgan fingerprint density at radius 3 is 2.40 bits per heavy atom. The molecule has 0 aliphatic carbocycles. The van der Waals surface area contributed by atoms with Crippen molar-refractivity contribution in [2.24, 2.45) is 0 Å². The molecule has 0 fully saturated rings. The number of benzene rings is 2. The van der Waals surface area contributed by atoms with Gasteiger partial charge < -0.3 is 4.57 Å². The zero-order chi connectivity index (χ0) is 13.9. The van der Waals surface area contributed by atoms with Crippen molar-refractivity contribution in [3.8, 4) is 11.4 Å². The number of nitrogens with zero attached hydrogens (tertiary/aromatic N) is 2. The van der Waals surface area contributed by atoms with Crippen molar-refractivity contribution in [2.45, 2.75) is 6.54 Å². The topological polar surface area (TPSA) is 17.8 Å². The maximum absolute atomic E-state index is 12.9. The molecule has 1 aromatic heterocycles. The van der Waals surface area contributed by atoms with Crippen molar-refractivity contribution < 1.29 is 4.39 Å². The SMILES string of the molecule is Fc1ccc(Cn2ccnc2-c2ccc(Br)cc2)cc1. The minimum absolute atomic E-state index is 0.215. The summed E-state index contributed by atoms with van der Waals surface area (Å²) in [5.74, 6) is 0.689. The Bertz CT molecular complexity index is 702. The highest BCUT2D eigenvalue weighted by Gasteiger charge is 2.06. The normalized spacial score (nSPS) is 10.7. The van der Waals surface area contributed by atoms with Gasteiger partial charge in [-0.3, -0.25) is 0 Å². The Morgan fingerprint density at radius 2 is 1.70 bits per heavy atom. The van der Waals surface area contributed by atoms with Gasteiger partial charge >= 0.3 is 0 Å². The van der Waals surface area contributed by atoms with Crippen LogP contribution in [0, 0.1) is 5.82 Å². The molecule has 20 heavy (non-hydrogen) atoms. The standard InChI is InChI=1S/C16H12BrFN2/c17-14-5-3-13(4-6-14)16-19-9-10-20(16)11-12-1-7-15(18)8-2-12/h1-10H,11H2. The van der Waals surface area contributed by atoms with E-state index < -0.39 is 0 Å². The van der Waals surface area contributed by atoms with Gasteiger partial charge in [-0.15, -0.1) is 0 Å². The molecule has 2 aromatic carbocycles. The van der Waals surface area contributed by atoms with Gasteiger partial charge in [0, 0.05) is 29.0 Å². The molecule has 1 heterocycles. The summed E-state index contributed by atoms with van der Waals surface area (Å²) < 4.78 is 16.0. The molecule has 3 aromatic rings. The fourth-order valence-electron chi connectivity index (χ4n) is 2.08. The molecule has 100 valence electrons. The van der Waals surface area contributed by atoms with Gasteiger partial charge in [0.15, 0.2) is 0 Å². The van der Waals surface area contributed by atoms with Gasteiger partial charge in [0.05, 0.1) is 0 Å². The van der Waals surface area contributed by atoms with E-state index in [-0.39, 0.29) is 5.82 Å². The largest absolute Gasteiger partial charge is 0.327 e. The third kappa shape index (κ3) is 2.80. The summed E-state index contributed by atoms with van der Waals surface area (Å²) in [4.78, 5) is 4.40. The molecule has 0 amide bonds. The van der Waals surface area contributed by atoms with E-state index in [9.17, 15) is 4.39 Å². The van der Waals surface area contributed by atoms with E-state index in [1.54, 1.807) is 18.3 Å². The molecule has 2 nitrogen and oxygen atoms in total. The van der Waals surface area contributed by atoms with Gasteiger partial charge in [0.25, 0.3) is 0 Å². The Morgan fingerprint density at radius 1 is 1.00 bits per heavy atom. The van der Waals surface area contributed by atoms with Crippen LogP contribution in [-0.2, 0) is 6.54 Å². The first-order valence-electron chi connectivity index (χ1n) is 6.24. The first kappa shape index (κ1) is 13.1. The fraction of sp³-hybridized carbons (Fsp3) is 0.0625. The smallest absolute Gasteiger partial charge is 0.140 e. The highest BCUT2D eigenvalue weighted by molar-refractivity contribution is 9.10. The molecular weight excluding hydrogens is 319 g/mol. The van der Waals surface area contributed by atoms with Crippen molar-refractivity contribution in [2.75, 3.05) is 0 Å². The maximum atomic E-state index is 12.9. The van der Waals surface area contributed by atoms with Crippen molar-refractivity contribution in [1.82, 2.24) is 9.55 Å². The quantitative estimate of drug-likeness (QED) is 0.691. The van der Waals surface area contributed by atoms with Crippen LogP contribution in [0.15, 0.2) is 65.4 Å². The number of rotatable bonds is 3. The minimum Gasteiger partial charge on any atom is -0.327 e. The fourth-order valence-corrected chi connectivity index (χ4v) is 2.35. The van der Waals surface area contributed by atoms with E-state index in [2.05, 4.69) is 25.5 Å². The minimum atomic E-state index is -0.215. The molecular formula is C16H12BrFN2. The monoisotopic (exact) mass is 330 g/mol. The first-order valence-corrected chi connectivity index (χ1v) is 7.03.